The van der Waals surface area contributed by atoms with Crippen molar-refractivity contribution in [1.29, 1.82) is 0 Å². The zero-order valence-electron chi connectivity index (χ0n) is 22.9. The van der Waals surface area contributed by atoms with E-state index < -0.39 is 7.12 Å². The van der Waals surface area contributed by atoms with E-state index in [1.54, 1.807) is 0 Å². The number of fused-ring (bicyclic) bond motifs is 4. The molecule has 0 aromatic heterocycles. The third kappa shape index (κ3) is 3.88. The van der Waals surface area contributed by atoms with Gasteiger partial charge in [0.05, 0.1) is 11.2 Å². The molecule has 0 radical (unpaired) electrons. The molecule has 1 aliphatic heterocycles. The topological polar surface area (TPSA) is 18.5 Å². The first-order chi connectivity index (χ1) is 18.8. The van der Waals surface area contributed by atoms with Crippen molar-refractivity contribution in [3.05, 3.63) is 115 Å². The van der Waals surface area contributed by atoms with Crippen molar-refractivity contribution < 1.29 is 9.31 Å². The highest BCUT2D eigenvalue weighted by molar-refractivity contribution is 6.65. The Morgan fingerprint density at radius 3 is 1.69 bits per heavy atom. The zero-order valence-corrected chi connectivity index (χ0v) is 22.9. The van der Waals surface area contributed by atoms with E-state index in [2.05, 4.69) is 143 Å². The van der Waals surface area contributed by atoms with Gasteiger partial charge in [-0.3, -0.25) is 0 Å². The number of rotatable bonds is 3. The van der Waals surface area contributed by atoms with Crippen LogP contribution in [0.2, 0.25) is 0 Å². The van der Waals surface area contributed by atoms with Crippen molar-refractivity contribution >= 4 is 44.9 Å². The Labute approximate surface area is 230 Å². The van der Waals surface area contributed by atoms with E-state index in [9.17, 15) is 0 Å². The monoisotopic (exact) mass is 506 g/mol. The van der Waals surface area contributed by atoms with Crippen LogP contribution in [0, 0.1) is 0 Å². The minimum Gasteiger partial charge on any atom is -0.399 e. The van der Waals surface area contributed by atoms with Crippen LogP contribution < -0.4 is 5.46 Å². The fourth-order valence-corrected chi connectivity index (χ4v) is 5.90. The predicted octanol–water partition coefficient (Wildman–Crippen LogP) is 8.78. The third-order valence-corrected chi connectivity index (χ3v) is 8.72. The van der Waals surface area contributed by atoms with Crippen LogP contribution in [0.15, 0.2) is 115 Å². The van der Waals surface area contributed by atoms with Crippen LogP contribution in [0.3, 0.4) is 0 Å². The first-order valence-electron chi connectivity index (χ1n) is 13.7. The van der Waals surface area contributed by atoms with Gasteiger partial charge in [-0.15, -0.1) is 0 Å². The SMILES string of the molecule is CC1(C)OB(c2ccc(-c3cccc(-c4cc5ccccc5c5ccccc45)c3)c3ccccc23)OC1(C)C. The average Bonchev–Trinajstić information content (AvgIpc) is 3.18. The van der Waals surface area contributed by atoms with E-state index in [0.29, 0.717) is 0 Å². The zero-order chi connectivity index (χ0) is 26.8. The molecule has 0 saturated carbocycles. The predicted molar refractivity (Wildman–Crippen MR) is 166 cm³/mol. The minimum atomic E-state index is -0.399. The Morgan fingerprint density at radius 1 is 0.462 bits per heavy atom. The summed E-state index contributed by atoms with van der Waals surface area (Å²) in [5.41, 5.74) is 5.18. The third-order valence-electron chi connectivity index (χ3n) is 8.72. The summed E-state index contributed by atoms with van der Waals surface area (Å²) in [6, 6.07) is 41.6. The lowest BCUT2D eigenvalue weighted by atomic mass is 9.75. The molecule has 3 heteroatoms. The molecular weight excluding hydrogens is 475 g/mol. The molecule has 0 aliphatic carbocycles. The Hall–Kier alpha value is -3.92. The summed E-state index contributed by atoms with van der Waals surface area (Å²) in [5, 5.41) is 7.47. The van der Waals surface area contributed by atoms with E-state index in [1.807, 2.05) is 0 Å². The summed E-state index contributed by atoms with van der Waals surface area (Å²) in [7, 11) is -0.399. The Balaban J connectivity index is 1.38. The van der Waals surface area contributed by atoms with Gasteiger partial charge in [0.1, 0.15) is 0 Å². The highest BCUT2D eigenvalue weighted by Gasteiger charge is 2.52. The Kier molecular flexibility index (Phi) is 5.45. The molecule has 0 unspecified atom stereocenters. The van der Waals surface area contributed by atoms with Gasteiger partial charge in [0.15, 0.2) is 0 Å². The lowest BCUT2D eigenvalue weighted by molar-refractivity contribution is 0.00578. The molecule has 190 valence electrons. The minimum absolute atomic E-state index is 0.381. The lowest BCUT2D eigenvalue weighted by Gasteiger charge is -2.32. The first-order valence-corrected chi connectivity index (χ1v) is 13.7. The van der Waals surface area contributed by atoms with Crippen molar-refractivity contribution in [3.63, 3.8) is 0 Å². The van der Waals surface area contributed by atoms with Crippen molar-refractivity contribution in [2.75, 3.05) is 0 Å². The summed E-state index contributed by atoms with van der Waals surface area (Å²) in [6.45, 7) is 8.41. The standard InChI is InChI=1S/C36H31BO2/c1-35(2)36(3,4)39-37(38-35)34-21-20-28(30-17-9-10-19-32(30)34)24-13-11-14-25(22-24)33-23-26-12-5-6-15-27(26)29-16-7-8-18-31(29)33/h5-23H,1-4H3. The molecule has 6 aromatic rings. The lowest BCUT2D eigenvalue weighted by Crippen LogP contribution is -2.41. The van der Waals surface area contributed by atoms with Crippen molar-refractivity contribution in [2.45, 2.75) is 38.9 Å². The van der Waals surface area contributed by atoms with Gasteiger partial charge >= 0.3 is 7.12 Å². The number of hydrogen-bond acceptors (Lipinski definition) is 2. The van der Waals surface area contributed by atoms with Gasteiger partial charge < -0.3 is 9.31 Å². The molecule has 0 bridgehead atoms. The van der Waals surface area contributed by atoms with E-state index in [4.69, 9.17) is 9.31 Å². The molecule has 6 aromatic carbocycles. The maximum atomic E-state index is 6.43. The average molecular weight is 506 g/mol. The van der Waals surface area contributed by atoms with E-state index in [1.165, 1.54) is 49.2 Å². The van der Waals surface area contributed by atoms with Gasteiger partial charge in [-0.1, -0.05) is 103 Å². The number of hydrogen-bond donors (Lipinski definition) is 0. The largest absolute Gasteiger partial charge is 0.495 e. The van der Waals surface area contributed by atoms with Crippen molar-refractivity contribution in [1.82, 2.24) is 0 Å². The molecule has 0 N–H and O–H groups in total. The van der Waals surface area contributed by atoms with Gasteiger partial charge in [0.2, 0.25) is 0 Å². The summed E-state index contributed by atoms with van der Waals surface area (Å²) < 4.78 is 12.9. The van der Waals surface area contributed by atoms with Crippen LogP contribution in [-0.4, -0.2) is 18.3 Å². The summed E-state index contributed by atoms with van der Waals surface area (Å²) in [4.78, 5) is 0. The van der Waals surface area contributed by atoms with Crippen LogP contribution in [0.4, 0.5) is 0 Å². The van der Waals surface area contributed by atoms with Crippen molar-refractivity contribution in [2.24, 2.45) is 0 Å². The normalized spacial score (nSPS) is 16.4. The molecule has 0 amide bonds. The fraction of sp³-hybridized carbons (Fsp3) is 0.167. The maximum Gasteiger partial charge on any atom is 0.495 e. The van der Waals surface area contributed by atoms with Gasteiger partial charge in [-0.25, -0.2) is 0 Å². The smallest absolute Gasteiger partial charge is 0.399 e. The summed E-state index contributed by atoms with van der Waals surface area (Å²) in [6.07, 6.45) is 0. The molecule has 1 aliphatic rings. The second-order valence-corrected chi connectivity index (χ2v) is 11.6. The molecule has 1 fully saturated rings. The van der Waals surface area contributed by atoms with Gasteiger partial charge in [-0.05, 0) is 99.9 Å². The van der Waals surface area contributed by atoms with Crippen LogP contribution in [0.5, 0.6) is 0 Å². The van der Waals surface area contributed by atoms with Crippen LogP contribution in [0.25, 0.3) is 54.6 Å². The van der Waals surface area contributed by atoms with Gasteiger partial charge in [0.25, 0.3) is 0 Å². The molecule has 1 saturated heterocycles. The fourth-order valence-electron chi connectivity index (χ4n) is 5.90. The first kappa shape index (κ1) is 24.1. The number of benzene rings is 6. The van der Waals surface area contributed by atoms with E-state index in [0.717, 1.165) is 10.8 Å². The van der Waals surface area contributed by atoms with Crippen LogP contribution >= 0.6 is 0 Å². The summed E-state index contributed by atoms with van der Waals surface area (Å²) in [5.74, 6) is 0. The van der Waals surface area contributed by atoms with Crippen molar-refractivity contribution in [3.8, 4) is 22.3 Å². The Morgan fingerprint density at radius 2 is 1.00 bits per heavy atom. The molecule has 2 nitrogen and oxygen atoms in total. The van der Waals surface area contributed by atoms with Gasteiger partial charge in [-0.2, -0.15) is 0 Å². The van der Waals surface area contributed by atoms with E-state index >= 15 is 0 Å². The molecule has 39 heavy (non-hydrogen) atoms. The molecule has 1 heterocycles. The van der Waals surface area contributed by atoms with Crippen LogP contribution in [0.1, 0.15) is 27.7 Å². The summed E-state index contributed by atoms with van der Waals surface area (Å²) >= 11 is 0. The highest BCUT2D eigenvalue weighted by Crippen LogP contribution is 2.39. The molecular formula is C36H31BO2. The van der Waals surface area contributed by atoms with Crippen LogP contribution in [-0.2, 0) is 9.31 Å². The second-order valence-electron chi connectivity index (χ2n) is 11.6. The second kappa shape index (κ2) is 8.81. The quantitative estimate of drug-likeness (QED) is 0.176. The van der Waals surface area contributed by atoms with E-state index in [-0.39, 0.29) is 11.2 Å². The van der Waals surface area contributed by atoms with Gasteiger partial charge in [0, 0.05) is 0 Å². The maximum absolute atomic E-state index is 6.43. The Bertz CT molecular complexity index is 1870. The molecule has 0 spiro atoms. The molecule has 7 rings (SSSR count). The molecule has 0 atom stereocenters. The highest BCUT2D eigenvalue weighted by atomic mass is 16.7.